The van der Waals surface area contributed by atoms with E-state index < -0.39 is 0 Å². The van der Waals surface area contributed by atoms with Crippen molar-refractivity contribution in [2.24, 2.45) is 0 Å². The van der Waals surface area contributed by atoms with Crippen LogP contribution in [-0.4, -0.2) is 9.55 Å². The second-order valence-corrected chi connectivity index (χ2v) is 10.0. The molecule has 0 unspecified atom stereocenters. The first-order valence-corrected chi connectivity index (χ1v) is 13.7. The minimum absolute atomic E-state index is 0.0969. The highest BCUT2D eigenvalue weighted by atomic mass is 16.1. The van der Waals surface area contributed by atoms with Crippen molar-refractivity contribution in [3.8, 4) is 50.5 Å². The van der Waals surface area contributed by atoms with Crippen LogP contribution in [0.5, 0.6) is 0 Å². The van der Waals surface area contributed by atoms with E-state index in [4.69, 9.17) is 4.98 Å². The quantitative estimate of drug-likeness (QED) is 0.224. The summed E-state index contributed by atoms with van der Waals surface area (Å²) in [7, 11) is 0. The largest absolute Gasteiger partial charge is 0.268 e. The van der Waals surface area contributed by atoms with E-state index in [1.807, 2.05) is 103 Å². The summed E-state index contributed by atoms with van der Waals surface area (Å²) in [6.07, 6.45) is 0. The zero-order valence-electron chi connectivity index (χ0n) is 22.3. The van der Waals surface area contributed by atoms with Gasteiger partial charge in [0.1, 0.15) is 5.82 Å². The smallest absolute Gasteiger partial charge is 0.266 e. The molecule has 0 aliphatic heterocycles. The van der Waals surface area contributed by atoms with Crippen molar-refractivity contribution in [1.82, 2.24) is 9.55 Å². The summed E-state index contributed by atoms with van der Waals surface area (Å²) in [5, 5.41) is 0.585. The number of para-hydroxylation sites is 1. The van der Waals surface area contributed by atoms with Crippen molar-refractivity contribution in [2.45, 2.75) is 0 Å². The van der Waals surface area contributed by atoms with Gasteiger partial charge in [0.05, 0.1) is 16.6 Å². The molecule has 3 nitrogen and oxygen atoms in total. The predicted molar refractivity (Wildman–Crippen MR) is 169 cm³/mol. The lowest BCUT2D eigenvalue weighted by molar-refractivity contribution is 0.976. The first kappa shape index (κ1) is 24.5. The Kier molecular flexibility index (Phi) is 6.31. The summed E-state index contributed by atoms with van der Waals surface area (Å²) in [6, 6.07) is 53.0. The molecule has 7 rings (SSSR count). The maximum absolute atomic E-state index is 14.3. The van der Waals surface area contributed by atoms with E-state index in [9.17, 15) is 4.79 Å². The Labute approximate surface area is 238 Å². The number of fused-ring (bicyclic) bond motifs is 1. The summed E-state index contributed by atoms with van der Waals surface area (Å²) < 4.78 is 1.75. The van der Waals surface area contributed by atoms with Gasteiger partial charge in [-0.05, 0) is 75.8 Å². The van der Waals surface area contributed by atoms with Crippen LogP contribution in [0.2, 0.25) is 0 Å². The van der Waals surface area contributed by atoms with Gasteiger partial charge in [0, 0.05) is 5.56 Å². The molecule has 0 aliphatic rings. The van der Waals surface area contributed by atoms with E-state index in [0.717, 1.165) is 44.6 Å². The van der Waals surface area contributed by atoms with Gasteiger partial charge in [-0.25, -0.2) is 4.98 Å². The first-order chi connectivity index (χ1) is 20.2. The third-order valence-electron chi connectivity index (χ3n) is 7.40. The van der Waals surface area contributed by atoms with E-state index in [1.54, 1.807) is 4.57 Å². The van der Waals surface area contributed by atoms with Gasteiger partial charge in [-0.1, -0.05) is 115 Å². The molecule has 0 atom stereocenters. The fourth-order valence-electron chi connectivity index (χ4n) is 5.36. The molecule has 0 aliphatic carbocycles. The zero-order chi connectivity index (χ0) is 27.6. The van der Waals surface area contributed by atoms with E-state index in [0.29, 0.717) is 16.7 Å². The Morgan fingerprint density at radius 3 is 1.41 bits per heavy atom. The lowest BCUT2D eigenvalue weighted by atomic mass is 9.95. The van der Waals surface area contributed by atoms with Crippen LogP contribution in [0.3, 0.4) is 0 Å². The summed E-state index contributed by atoms with van der Waals surface area (Å²) in [4.78, 5) is 19.5. The third-order valence-corrected chi connectivity index (χ3v) is 7.40. The second kappa shape index (κ2) is 10.6. The fraction of sp³-hybridized carbons (Fsp3) is 0. The maximum atomic E-state index is 14.3. The highest BCUT2D eigenvalue weighted by molar-refractivity contribution is 5.87. The lowest BCUT2D eigenvalue weighted by Gasteiger charge is -2.17. The van der Waals surface area contributed by atoms with Gasteiger partial charge in [-0.15, -0.1) is 0 Å². The number of nitrogens with zero attached hydrogens (tertiary/aromatic N) is 2. The standard InChI is InChI=1S/C38H26N2O/c41-38-35-26-30(27-13-5-1-6-14-27)21-22-36(35)39-37(40(38)34-19-11-4-12-20-34)33-24-31(28-15-7-2-8-16-28)23-32(25-33)29-17-9-3-10-18-29/h1-26H. The molecule has 3 heteroatoms. The molecule has 7 aromatic rings. The van der Waals surface area contributed by atoms with Crippen LogP contribution in [0.1, 0.15) is 0 Å². The summed E-state index contributed by atoms with van der Waals surface area (Å²) in [6.45, 7) is 0. The van der Waals surface area contributed by atoms with Crippen LogP contribution in [0.25, 0.3) is 61.4 Å². The SMILES string of the molecule is O=c1c2cc(-c3ccccc3)ccc2nc(-c2cc(-c3ccccc3)cc(-c3ccccc3)c2)n1-c1ccccc1. The van der Waals surface area contributed by atoms with Crippen molar-refractivity contribution in [2.75, 3.05) is 0 Å². The molecule has 41 heavy (non-hydrogen) atoms. The van der Waals surface area contributed by atoms with E-state index in [2.05, 4.69) is 54.6 Å². The van der Waals surface area contributed by atoms with Gasteiger partial charge in [-0.3, -0.25) is 9.36 Å². The van der Waals surface area contributed by atoms with Crippen molar-refractivity contribution < 1.29 is 0 Å². The maximum Gasteiger partial charge on any atom is 0.266 e. The second-order valence-electron chi connectivity index (χ2n) is 10.0. The Morgan fingerprint density at radius 1 is 0.415 bits per heavy atom. The monoisotopic (exact) mass is 526 g/mol. The zero-order valence-corrected chi connectivity index (χ0v) is 22.3. The van der Waals surface area contributed by atoms with Gasteiger partial charge < -0.3 is 0 Å². The number of benzene rings is 6. The summed E-state index contributed by atoms with van der Waals surface area (Å²) in [5.41, 5.74) is 8.61. The molecule has 0 saturated heterocycles. The Morgan fingerprint density at radius 2 is 0.878 bits per heavy atom. The van der Waals surface area contributed by atoms with Crippen LogP contribution in [-0.2, 0) is 0 Å². The minimum Gasteiger partial charge on any atom is -0.268 e. The average Bonchev–Trinajstić information content (AvgIpc) is 3.06. The van der Waals surface area contributed by atoms with Gasteiger partial charge in [0.25, 0.3) is 5.56 Å². The Balaban J connectivity index is 1.52. The number of hydrogen-bond donors (Lipinski definition) is 0. The first-order valence-electron chi connectivity index (χ1n) is 13.7. The van der Waals surface area contributed by atoms with Gasteiger partial charge in [0.2, 0.25) is 0 Å². The number of rotatable bonds is 5. The molecule has 6 aromatic carbocycles. The van der Waals surface area contributed by atoms with Crippen molar-refractivity contribution in [1.29, 1.82) is 0 Å². The third kappa shape index (κ3) is 4.75. The molecule has 0 amide bonds. The van der Waals surface area contributed by atoms with Gasteiger partial charge in [-0.2, -0.15) is 0 Å². The molecule has 0 radical (unpaired) electrons. The van der Waals surface area contributed by atoms with Crippen LogP contribution in [0.4, 0.5) is 0 Å². The summed E-state index contributed by atoms with van der Waals surface area (Å²) >= 11 is 0. The molecule has 0 saturated carbocycles. The average molecular weight is 527 g/mol. The molecule has 0 bridgehead atoms. The van der Waals surface area contributed by atoms with Crippen LogP contribution in [0, 0.1) is 0 Å². The molecule has 0 N–H and O–H groups in total. The van der Waals surface area contributed by atoms with E-state index in [-0.39, 0.29) is 5.56 Å². The predicted octanol–water partition coefficient (Wildman–Crippen LogP) is 9.05. The lowest BCUT2D eigenvalue weighted by Crippen LogP contribution is -2.22. The molecular weight excluding hydrogens is 500 g/mol. The van der Waals surface area contributed by atoms with Crippen LogP contribution >= 0.6 is 0 Å². The molecule has 0 fully saturated rings. The van der Waals surface area contributed by atoms with Crippen molar-refractivity contribution in [3.63, 3.8) is 0 Å². The molecule has 0 spiro atoms. The Bertz CT molecular complexity index is 1970. The van der Waals surface area contributed by atoms with E-state index >= 15 is 0 Å². The molecular formula is C38H26N2O. The topological polar surface area (TPSA) is 34.9 Å². The van der Waals surface area contributed by atoms with E-state index in [1.165, 1.54) is 0 Å². The van der Waals surface area contributed by atoms with Crippen molar-refractivity contribution >= 4 is 10.9 Å². The van der Waals surface area contributed by atoms with Gasteiger partial charge in [0.15, 0.2) is 0 Å². The molecule has 194 valence electrons. The fourth-order valence-corrected chi connectivity index (χ4v) is 5.36. The number of aromatic nitrogens is 2. The van der Waals surface area contributed by atoms with Crippen LogP contribution in [0.15, 0.2) is 163 Å². The van der Waals surface area contributed by atoms with Crippen LogP contribution < -0.4 is 5.56 Å². The molecule has 1 aromatic heterocycles. The normalized spacial score (nSPS) is 11.0. The number of hydrogen-bond acceptors (Lipinski definition) is 2. The van der Waals surface area contributed by atoms with Crippen molar-refractivity contribution in [3.05, 3.63) is 168 Å². The highest BCUT2D eigenvalue weighted by Gasteiger charge is 2.17. The highest BCUT2D eigenvalue weighted by Crippen LogP contribution is 2.33. The van der Waals surface area contributed by atoms with Gasteiger partial charge >= 0.3 is 0 Å². The Hall–Kier alpha value is -5.54. The minimum atomic E-state index is -0.0969. The summed E-state index contributed by atoms with van der Waals surface area (Å²) in [5.74, 6) is 0.608. The molecule has 1 heterocycles.